The number of allylic oxidation sites excluding steroid dienone is 4. The van der Waals surface area contributed by atoms with Crippen LogP contribution >= 0.6 is 11.6 Å². The molecule has 31 heavy (non-hydrogen) atoms. The van der Waals surface area contributed by atoms with Gasteiger partial charge >= 0.3 is 12.4 Å². The predicted octanol–water partition coefficient (Wildman–Crippen LogP) is 5.44. The number of nitrogens with zero attached hydrogens (tertiary/aromatic N) is 2. The van der Waals surface area contributed by atoms with E-state index in [-0.39, 0.29) is 36.6 Å². The number of hydrogen-bond acceptors (Lipinski definition) is 3. The van der Waals surface area contributed by atoms with Gasteiger partial charge in [-0.05, 0) is 43.5 Å². The largest absolute Gasteiger partial charge is 0.573 e. The molecule has 0 spiro atoms. The van der Waals surface area contributed by atoms with Gasteiger partial charge < -0.3 is 15.0 Å². The number of pyridine rings is 1. The number of amides is 2. The standard InChI is InChI=1S/C21H22ClF4N3O2/c1-3-6-16(31-21(24,25)26)9-8-15(4-2)28-19(30)29-13-10-20(23,11-14-29)18-17(22)7-5-12-27-18/h5,7-9,12H,4,10-11,13-14H2,1-2H3,(H,28,30)/b15-8+,16-9+. The van der Waals surface area contributed by atoms with Crippen LogP contribution in [0, 0.1) is 11.8 Å². The molecule has 2 rings (SSSR count). The number of halogens is 5. The van der Waals surface area contributed by atoms with Gasteiger partial charge in [0, 0.05) is 37.8 Å². The van der Waals surface area contributed by atoms with Crippen molar-refractivity contribution in [3.05, 3.63) is 52.7 Å². The van der Waals surface area contributed by atoms with Crippen LogP contribution in [0.5, 0.6) is 0 Å². The van der Waals surface area contributed by atoms with E-state index in [0.29, 0.717) is 12.1 Å². The van der Waals surface area contributed by atoms with Gasteiger partial charge in [-0.15, -0.1) is 13.2 Å². The van der Waals surface area contributed by atoms with Crippen molar-refractivity contribution in [2.45, 2.75) is 45.1 Å². The van der Waals surface area contributed by atoms with Gasteiger partial charge in [-0.1, -0.05) is 24.4 Å². The Bertz CT molecular complexity index is 911. The molecule has 10 heteroatoms. The third-order valence-electron chi connectivity index (χ3n) is 4.58. The third kappa shape index (κ3) is 7.17. The van der Waals surface area contributed by atoms with Crippen molar-refractivity contribution in [2.75, 3.05) is 13.1 Å². The van der Waals surface area contributed by atoms with Crippen LogP contribution in [-0.4, -0.2) is 35.4 Å². The lowest BCUT2D eigenvalue weighted by Gasteiger charge is -2.36. The number of rotatable bonds is 5. The number of carbonyl (C=O) groups is 1. The molecule has 1 aromatic rings. The van der Waals surface area contributed by atoms with Crippen LogP contribution in [0.3, 0.4) is 0 Å². The summed E-state index contributed by atoms with van der Waals surface area (Å²) >= 11 is 6.06. The SMILES string of the molecule is CC#C/C(=C\C=C(/CC)NC(=O)N1CCC(F)(c2ncccc2Cl)CC1)OC(F)(F)F. The fraction of sp³-hybridized carbons (Fsp3) is 0.429. The number of urea groups is 1. The highest BCUT2D eigenvalue weighted by atomic mass is 35.5. The van der Waals surface area contributed by atoms with Crippen LogP contribution < -0.4 is 5.32 Å². The molecule has 1 aliphatic heterocycles. The molecule has 1 fully saturated rings. The average molecular weight is 460 g/mol. The minimum absolute atomic E-state index is 0.0257. The van der Waals surface area contributed by atoms with Crippen molar-refractivity contribution < 1.29 is 27.1 Å². The van der Waals surface area contributed by atoms with Gasteiger partial charge in [0.1, 0.15) is 0 Å². The Labute approximate surface area is 183 Å². The summed E-state index contributed by atoms with van der Waals surface area (Å²) in [6.07, 6.45) is -0.688. The maximum Gasteiger partial charge on any atom is 0.573 e. The van der Waals surface area contributed by atoms with E-state index in [1.54, 1.807) is 19.1 Å². The summed E-state index contributed by atoms with van der Waals surface area (Å²) in [5.74, 6) is 3.94. The molecule has 0 aromatic carbocycles. The number of carbonyl (C=O) groups excluding carboxylic acids is 1. The van der Waals surface area contributed by atoms with Gasteiger partial charge in [0.2, 0.25) is 0 Å². The molecular weight excluding hydrogens is 438 g/mol. The molecule has 1 N–H and O–H groups in total. The summed E-state index contributed by atoms with van der Waals surface area (Å²) < 4.78 is 56.4. The van der Waals surface area contributed by atoms with E-state index in [9.17, 15) is 18.0 Å². The van der Waals surface area contributed by atoms with E-state index >= 15 is 4.39 Å². The topological polar surface area (TPSA) is 54.5 Å². The molecule has 1 saturated heterocycles. The van der Waals surface area contributed by atoms with Crippen LogP contribution in [0.1, 0.15) is 38.8 Å². The van der Waals surface area contributed by atoms with Gasteiger partial charge in [-0.25, -0.2) is 9.18 Å². The minimum atomic E-state index is -4.87. The zero-order valence-electron chi connectivity index (χ0n) is 17.0. The summed E-state index contributed by atoms with van der Waals surface area (Å²) in [5, 5.41) is 2.86. The number of ether oxygens (including phenoxy) is 1. The zero-order chi connectivity index (χ0) is 23.1. The highest BCUT2D eigenvalue weighted by Crippen LogP contribution is 2.39. The van der Waals surface area contributed by atoms with E-state index in [1.807, 2.05) is 0 Å². The summed E-state index contributed by atoms with van der Waals surface area (Å²) in [7, 11) is 0. The highest BCUT2D eigenvalue weighted by molar-refractivity contribution is 6.31. The molecule has 2 heterocycles. The van der Waals surface area contributed by atoms with Gasteiger partial charge in [0.15, 0.2) is 11.4 Å². The maximum absolute atomic E-state index is 15.3. The normalized spacial score (nSPS) is 16.9. The van der Waals surface area contributed by atoms with Gasteiger partial charge in [-0.2, -0.15) is 0 Å². The first-order valence-corrected chi connectivity index (χ1v) is 9.91. The van der Waals surface area contributed by atoms with E-state index in [0.717, 1.165) is 6.08 Å². The van der Waals surface area contributed by atoms with E-state index in [4.69, 9.17) is 11.6 Å². The Morgan fingerprint density at radius 1 is 1.39 bits per heavy atom. The van der Waals surface area contributed by atoms with Gasteiger partial charge in [0.05, 0.1) is 10.7 Å². The molecule has 1 aliphatic rings. The lowest BCUT2D eigenvalue weighted by atomic mass is 9.89. The molecule has 168 valence electrons. The summed E-state index contributed by atoms with van der Waals surface area (Å²) in [6, 6.07) is 2.70. The number of aromatic nitrogens is 1. The first-order valence-electron chi connectivity index (χ1n) is 9.53. The maximum atomic E-state index is 15.3. The number of hydrogen-bond donors (Lipinski definition) is 1. The predicted molar refractivity (Wildman–Crippen MR) is 108 cm³/mol. The third-order valence-corrected chi connectivity index (χ3v) is 4.89. The van der Waals surface area contributed by atoms with Crippen molar-refractivity contribution in [1.82, 2.24) is 15.2 Å². The first kappa shape index (κ1) is 24.5. The molecule has 5 nitrogen and oxygen atoms in total. The Hall–Kier alpha value is -2.73. The molecule has 0 saturated carbocycles. The van der Waals surface area contributed by atoms with E-state index in [1.165, 1.54) is 24.1 Å². The summed E-state index contributed by atoms with van der Waals surface area (Å²) in [6.45, 7) is 3.36. The zero-order valence-corrected chi connectivity index (χ0v) is 17.8. The quantitative estimate of drug-likeness (QED) is 0.276. The molecule has 0 radical (unpaired) electrons. The van der Waals surface area contributed by atoms with E-state index in [2.05, 4.69) is 26.9 Å². The van der Waals surface area contributed by atoms with E-state index < -0.39 is 23.8 Å². The second-order valence-corrected chi connectivity index (χ2v) is 7.12. The molecule has 1 aromatic heterocycles. The molecule has 0 unspecified atom stereocenters. The molecule has 0 bridgehead atoms. The van der Waals surface area contributed by atoms with Crippen LogP contribution in [-0.2, 0) is 10.4 Å². The number of piperidine rings is 1. The second kappa shape index (κ2) is 10.5. The number of alkyl halides is 4. The molecule has 2 amide bonds. The van der Waals surface area contributed by atoms with Crippen molar-refractivity contribution in [3.8, 4) is 11.8 Å². The molecular formula is C21H22ClF4N3O2. The van der Waals surface area contributed by atoms with Crippen molar-refractivity contribution >= 4 is 17.6 Å². The first-order chi connectivity index (χ1) is 14.6. The van der Waals surface area contributed by atoms with Crippen LogP contribution in [0.2, 0.25) is 5.02 Å². The molecule has 0 atom stereocenters. The second-order valence-electron chi connectivity index (χ2n) is 6.72. The Balaban J connectivity index is 2.03. The monoisotopic (exact) mass is 459 g/mol. The molecule has 0 aliphatic carbocycles. The lowest BCUT2D eigenvalue weighted by molar-refractivity contribution is -0.302. The Morgan fingerprint density at radius 3 is 2.61 bits per heavy atom. The summed E-state index contributed by atoms with van der Waals surface area (Å²) in [4.78, 5) is 18.0. The highest BCUT2D eigenvalue weighted by Gasteiger charge is 2.40. The van der Waals surface area contributed by atoms with Crippen LogP contribution in [0.4, 0.5) is 22.4 Å². The fourth-order valence-electron chi connectivity index (χ4n) is 3.01. The number of likely N-dealkylation sites (tertiary alicyclic amines) is 1. The summed E-state index contributed by atoms with van der Waals surface area (Å²) in [5.41, 5.74) is -1.22. The van der Waals surface area contributed by atoms with Gasteiger partial charge in [0.25, 0.3) is 0 Å². The number of nitrogens with one attached hydrogen (secondary N) is 1. The average Bonchev–Trinajstić information content (AvgIpc) is 2.70. The minimum Gasteiger partial charge on any atom is -0.397 e. The smallest absolute Gasteiger partial charge is 0.397 e. The van der Waals surface area contributed by atoms with Gasteiger partial charge in [-0.3, -0.25) is 4.98 Å². The van der Waals surface area contributed by atoms with Crippen LogP contribution in [0.25, 0.3) is 0 Å². The lowest BCUT2D eigenvalue weighted by Crippen LogP contribution is -2.47. The Kier molecular flexibility index (Phi) is 8.34. The Morgan fingerprint density at radius 2 is 2.06 bits per heavy atom. The fourth-order valence-corrected chi connectivity index (χ4v) is 3.30. The van der Waals surface area contributed by atoms with Crippen molar-refractivity contribution in [2.24, 2.45) is 0 Å². The van der Waals surface area contributed by atoms with Crippen LogP contribution in [0.15, 0.2) is 41.9 Å². The van der Waals surface area contributed by atoms with Crippen molar-refractivity contribution in [1.29, 1.82) is 0 Å². The van der Waals surface area contributed by atoms with Crippen molar-refractivity contribution in [3.63, 3.8) is 0 Å².